The molecule has 0 spiro atoms. The van der Waals surface area contributed by atoms with Crippen LogP contribution >= 0.6 is 12.6 Å². The fraction of sp³-hybridized carbons (Fsp3) is 0.538. The van der Waals surface area contributed by atoms with Crippen LogP contribution in [0.4, 0.5) is 5.69 Å². The second-order valence-electron chi connectivity index (χ2n) is 4.85. The van der Waals surface area contributed by atoms with Crippen LogP contribution in [-0.4, -0.2) is 37.6 Å². The Labute approximate surface area is 109 Å². The number of likely N-dealkylation sites (N-methyl/N-ethyl adjacent to an activating group) is 1. The molecule has 4 heteroatoms. The highest BCUT2D eigenvalue weighted by Crippen LogP contribution is 2.19. The Balaban J connectivity index is 1.86. The number of thiol groups is 1. The molecule has 1 aliphatic heterocycles. The predicted molar refractivity (Wildman–Crippen MR) is 75.7 cm³/mol. The third-order valence-corrected chi connectivity index (χ3v) is 3.72. The minimum Gasteiger partial charge on any atom is -0.398 e. The van der Waals surface area contributed by atoms with Crippen molar-refractivity contribution in [2.24, 2.45) is 0 Å². The highest BCUT2D eigenvalue weighted by Gasteiger charge is 2.15. The van der Waals surface area contributed by atoms with Crippen LogP contribution in [0, 0.1) is 0 Å². The average molecular weight is 251 g/mol. The van der Waals surface area contributed by atoms with Crippen LogP contribution in [0.3, 0.4) is 0 Å². The molecule has 1 atom stereocenters. The van der Waals surface area contributed by atoms with E-state index in [1.165, 1.54) is 12.0 Å². The summed E-state index contributed by atoms with van der Waals surface area (Å²) in [5.74, 6) is 0. The molecule has 2 rings (SSSR count). The Morgan fingerprint density at radius 1 is 1.53 bits per heavy atom. The zero-order chi connectivity index (χ0) is 12.3. The second kappa shape index (κ2) is 5.76. The second-order valence-corrected chi connectivity index (χ2v) is 5.33. The number of hydrogen-bond acceptors (Lipinski definition) is 4. The van der Waals surface area contributed by atoms with Crippen molar-refractivity contribution >= 4 is 18.3 Å². The maximum absolute atomic E-state index is 5.75. The Bertz CT molecular complexity index is 381. The van der Waals surface area contributed by atoms with Crippen molar-refractivity contribution < 1.29 is 0 Å². The van der Waals surface area contributed by atoms with Gasteiger partial charge in [0.1, 0.15) is 0 Å². The third kappa shape index (κ3) is 3.63. The highest BCUT2D eigenvalue weighted by atomic mass is 32.1. The normalized spacial score (nSPS) is 21.6. The molecule has 1 fully saturated rings. The lowest BCUT2D eigenvalue weighted by Gasteiger charge is -2.31. The van der Waals surface area contributed by atoms with Gasteiger partial charge in [0, 0.05) is 36.3 Å². The molecule has 1 unspecified atom stereocenters. The maximum atomic E-state index is 5.75. The van der Waals surface area contributed by atoms with Crippen LogP contribution in [0.1, 0.15) is 12.0 Å². The first-order chi connectivity index (χ1) is 8.15. The van der Waals surface area contributed by atoms with E-state index in [2.05, 4.69) is 42.0 Å². The number of rotatable bonds is 3. The summed E-state index contributed by atoms with van der Waals surface area (Å²) in [5.41, 5.74) is 7.83. The molecule has 1 heterocycles. The fourth-order valence-electron chi connectivity index (χ4n) is 2.27. The summed E-state index contributed by atoms with van der Waals surface area (Å²) < 4.78 is 0. The van der Waals surface area contributed by atoms with Gasteiger partial charge in [-0.1, -0.05) is 6.07 Å². The van der Waals surface area contributed by atoms with Crippen LogP contribution in [0.5, 0.6) is 0 Å². The molecule has 94 valence electrons. The standard InChI is InChI=1S/C13H21N3S/c1-16-7-6-15-11(9-16)4-2-10-3-5-12(14)13(17)8-10/h3,5,8,11,15,17H,2,4,6-7,9,14H2,1H3. The van der Waals surface area contributed by atoms with E-state index in [-0.39, 0.29) is 0 Å². The van der Waals surface area contributed by atoms with Crippen molar-refractivity contribution in [1.29, 1.82) is 0 Å². The predicted octanol–water partition coefficient (Wildman–Crippen LogP) is 1.39. The number of nitrogens with two attached hydrogens (primary N) is 1. The molecule has 1 aromatic carbocycles. The Kier molecular flexibility index (Phi) is 4.31. The van der Waals surface area contributed by atoms with Gasteiger partial charge in [-0.3, -0.25) is 0 Å². The van der Waals surface area contributed by atoms with Gasteiger partial charge in [-0.15, -0.1) is 12.6 Å². The van der Waals surface area contributed by atoms with Gasteiger partial charge in [-0.25, -0.2) is 0 Å². The van der Waals surface area contributed by atoms with Gasteiger partial charge in [0.2, 0.25) is 0 Å². The first-order valence-electron chi connectivity index (χ1n) is 6.14. The Morgan fingerprint density at radius 3 is 3.06 bits per heavy atom. The average Bonchev–Trinajstić information content (AvgIpc) is 2.31. The van der Waals surface area contributed by atoms with E-state index < -0.39 is 0 Å². The number of anilines is 1. The molecule has 0 aromatic heterocycles. The lowest BCUT2D eigenvalue weighted by Crippen LogP contribution is -2.49. The van der Waals surface area contributed by atoms with Gasteiger partial charge in [0.05, 0.1) is 0 Å². The fourth-order valence-corrected chi connectivity index (χ4v) is 2.51. The summed E-state index contributed by atoms with van der Waals surface area (Å²) in [4.78, 5) is 3.27. The number of nitrogen functional groups attached to an aromatic ring is 1. The van der Waals surface area contributed by atoms with Crippen LogP contribution in [0.15, 0.2) is 23.1 Å². The van der Waals surface area contributed by atoms with E-state index >= 15 is 0 Å². The molecule has 3 N–H and O–H groups in total. The highest BCUT2D eigenvalue weighted by molar-refractivity contribution is 7.80. The van der Waals surface area contributed by atoms with Crippen LogP contribution in [0.25, 0.3) is 0 Å². The molecule has 0 saturated carbocycles. The Hall–Kier alpha value is -0.710. The summed E-state index contributed by atoms with van der Waals surface area (Å²) in [6.07, 6.45) is 2.25. The minimum atomic E-state index is 0.606. The first-order valence-corrected chi connectivity index (χ1v) is 6.59. The first kappa shape index (κ1) is 12.7. The van der Waals surface area contributed by atoms with Crippen molar-refractivity contribution in [2.75, 3.05) is 32.4 Å². The van der Waals surface area contributed by atoms with Gasteiger partial charge in [0.15, 0.2) is 0 Å². The molecule has 1 aliphatic rings. The van der Waals surface area contributed by atoms with Crippen LogP contribution < -0.4 is 11.1 Å². The molecular weight excluding hydrogens is 230 g/mol. The molecule has 1 aromatic rings. The van der Waals surface area contributed by atoms with Crippen molar-refractivity contribution in [3.63, 3.8) is 0 Å². The maximum Gasteiger partial charge on any atom is 0.0449 e. The SMILES string of the molecule is CN1CCNC(CCc2ccc(N)c(S)c2)C1. The van der Waals surface area contributed by atoms with Crippen molar-refractivity contribution in [3.05, 3.63) is 23.8 Å². The van der Waals surface area contributed by atoms with Gasteiger partial charge >= 0.3 is 0 Å². The van der Waals surface area contributed by atoms with E-state index in [1.54, 1.807) is 0 Å². The van der Waals surface area contributed by atoms with Gasteiger partial charge in [-0.2, -0.15) is 0 Å². The number of piperazine rings is 1. The summed E-state index contributed by atoms with van der Waals surface area (Å²) >= 11 is 4.35. The zero-order valence-electron chi connectivity index (χ0n) is 10.3. The minimum absolute atomic E-state index is 0.606. The lowest BCUT2D eigenvalue weighted by atomic mass is 10.0. The molecule has 0 amide bonds. The topological polar surface area (TPSA) is 41.3 Å². The van der Waals surface area contributed by atoms with E-state index in [0.717, 1.165) is 36.6 Å². The number of nitrogens with zero attached hydrogens (tertiary/aromatic N) is 1. The molecular formula is C13H21N3S. The third-order valence-electron chi connectivity index (χ3n) is 3.33. The quantitative estimate of drug-likeness (QED) is 0.562. The smallest absolute Gasteiger partial charge is 0.0449 e. The summed E-state index contributed by atoms with van der Waals surface area (Å²) in [6.45, 7) is 3.39. The van der Waals surface area contributed by atoms with Gasteiger partial charge < -0.3 is 16.0 Å². The van der Waals surface area contributed by atoms with Crippen molar-refractivity contribution in [3.8, 4) is 0 Å². The summed E-state index contributed by atoms with van der Waals surface area (Å²) in [5, 5.41) is 3.56. The largest absolute Gasteiger partial charge is 0.398 e. The Morgan fingerprint density at radius 2 is 2.35 bits per heavy atom. The van der Waals surface area contributed by atoms with Crippen LogP contribution in [-0.2, 0) is 6.42 Å². The molecule has 0 radical (unpaired) electrons. The number of aryl methyl sites for hydroxylation is 1. The molecule has 1 saturated heterocycles. The molecule has 17 heavy (non-hydrogen) atoms. The monoisotopic (exact) mass is 251 g/mol. The van der Waals surface area contributed by atoms with Crippen molar-refractivity contribution in [1.82, 2.24) is 10.2 Å². The lowest BCUT2D eigenvalue weighted by molar-refractivity contribution is 0.232. The molecule has 0 aliphatic carbocycles. The summed E-state index contributed by atoms with van der Waals surface area (Å²) in [7, 11) is 2.18. The van der Waals surface area contributed by atoms with E-state index in [1.807, 2.05) is 6.07 Å². The van der Waals surface area contributed by atoms with E-state index in [4.69, 9.17) is 5.73 Å². The van der Waals surface area contributed by atoms with Gasteiger partial charge in [0.25, 0.3) is 0 Å². The van der Waals surface area contributed by atoms with Crippen LogP contribution in [0.2, 0.25) is 0 Å². The van der Waals surface area contributed by atoms with Gasteiger partial charge in [-0.05, 0) is 37.6 Å². The number of hydrogen-bond donors (Lipinski definition) is 3. The number of nitrogens with one attached hydrogen (secondary N) is 1. The van der Waals surface area contributed by atoms with Crippen molar-refractivity contribution in [2.45, 2.75) is 23.8 Å². The molecule has 3 nitrogen and oxygen atoms in total. The summed E-state index contributed by atoms with van der Waals surface area (Å²) in [6, 6.07) is 6.72. The number of benzene rings is 1. The van der Waals surface area contributed by atoms with E-state index in [0.29, 0.717) is 6.04 Å². The zero-order valence-corrected chi connectivity index (χ0v) is 11.2. The van der Waals surface area contributed by atoms with E-state index in [9.17, 15) is 0 Å². The molecule has 0 bridgehead atoms.